The van der Waals surface area contributed by atoms with Crippen LogP contribution in [0.5, 0.6) is 0 Å². The van der Waals surface area contributed by atoms with Gasteiger partial charge >= 0.3 is 0 Å². The predicted molar refractivity (Wildman–Crippen MR) is 86.3 cm³/mol. The molecular formula is C16H18N2O2S. The van der Waals surface area contributed by atoms with Crippen molar-refractivity contribution in [3.8, 4) is 0 Å². The van der Waals surface area contributed by atoms with E-state index in [2.05, 4.69) is 16.5 Å². The number of hydrogen-bond acceptors (Lipinski definition) is 4. The molecule has 1 aromatic carbocycles. The number of hydrogen-bond donors (Lipinski definition) is 2. The summed E-state index contributed by atoms with van der Waals surface area (Å²) in [4.78, 5) is 13.3. The number of anilines is 1. The van der Waals surface area contributed by atoms with E-state index in [9.17, 15) is 4.79 Å². The Kier molecular flexibility index (Phi) is 5.51. The molecule has 0 spiro atoms. The summed E-state index contributed by atoms with van der Waals surface area (Å²) >= 11 is 1.71. The molecule has 4 nitrogen and oxygen atoms in total. The van der Waals surface area contributed by atoms with Gasteiger partial charge in [-0.2, -0.15) is 0 Å². The van der Waals surface area contributed by atoms with Gasteiger partial charge in [-0.3, -0.25) is 4.79 Å². The number of nitrogens with one attached hydrogen (secondary N) is 1. The molecule has 110 valence electrons. The minimum atomic E-state index is -0.0234. The highest BCUT2D eigenvalue weighted by molar-refractivity contribution is 7.09. The van der Waals surface area contributed by atoms with E-state index in [0.717, 1.165) is 18.4 Å². The van der Waals surface area contributed by atoms with E-state index in [1.54, 1.807) is 24.3 Å². The van der Waals surface area contributed by atoms with Gasteiger partial charge in [0.25, 0.3) is 0 Å². The summed E-state index contributed by atoms with van der Waals surface area (Å²) in [5.41, 5.74) is 1.88. The third-order valence-corrected chi connectivity index (χ3v) is 4.08. The van der Waals surface area contributed by atoms with Crippen LogP contribution in [0.3, 0.4) is 0 Å². The lowest BCUT2D eigenvalue weighted by Gasteiger charge is -2.10. The number of carbonyl (C=O) groups excluding carboxylic acids is 1. The van der Waals surface area contributed by atoms with Gasteiger partial charge in [0.2, 0.25) is 5.91 Å². The molecule has 0 aliphatic heterocycles. The van der Waals surface area contributed by atoms with Gasteiger partial charge < -0.3 is 10.5 Å². The molecule has 0 bridgehead atoms. The van der Waals surface area contributed by atoms with Gasteiger partial charge in [-0.25, -0.2) is 0 Å². The molecule has 2 aromatic rings. The van der Waals surface area contributed by atoms with E-state index in [-0.39, 0.29) is 5.91 Å². The Bertz CT molecular complexity index is 621. The maximum atomic E-state index is 12.0. The normalized spacial score (nSPS) is 11.4. The van der Waals surface area contributed by atoms with Crippen LogP contribution >= 0.6 is 11.3 Å². The lowest BCUT2D eigenvalue weighted by Crippen LogP contribution is -2.14. The molecule has 21 heavy (non-hydrogen) atoms. The summed E-state index contributed by atoms with van der Waals surface area (Å²) in [6, 6.07) is 11.4. The quantitative estimate of drug-likeness (QED) is 0.483. The van der Waals surface area contributed by atoms with Crippen molar-refractivity contribution in [2.75, 3.05) is 5.32 Å². The second-order valence-corrected chi connectivity index (χ2v) is 5.74. The SMILES string of the molecule is C/C(=N\O)c1ccccc1NC(=O)CCCc1cccs1. The van der Waals surface area contributed by atoms with Crippen LogP contribution in [0, 0.1) is 0 Å². The van der Waals surface area contributed by atoms with Crippen LogP contribution in [0.25, 0.3) is 0 Å². The van der Waals surface area contributed by atoms with E-state index in [4.69, 9.17) is 5.21 Å². The summed E-state index contributed by atoms with van der Waals surface area (Å²) in [6.45, 7) is 1.70. The van der Waals surface area contributed by atoms with Gasteiger partial charge in [-0.05, 0) is 37.3 Å². The van der Waals surface area contributed by atoms with Crippen molar-refractivity contribution in [1.82, 2.24) is 0 Å². The smallest absolute Gasteiger partial charge is 0.224 e. The van der Waals surface area contributed by atoms with Crippen molar-refractivity contribution in [2.45, 2.75) is 26.2 Å². The Hall–Kier alpha value is -2.14. The fourth-order valence-corrected chi connectivity index (χ4v) is 2.80. The first kappa shape index (κ1) is 15.3. The van der Waals surface area contributed by atoms with Gasteiger partial charge in [0.05, 0.1) is 5.71 Å². The largest absolute Gasteiger partial charge is 0.411 e. The van der Waals surface area contributed by atoms with E-state index >= 15 is 0 Å². The number of rotatable bonds is 6. The molecule has 2 rings (SSSR count). The van der Waals surface area contributed by atoms with E-state index in [1.165, 1.54) is 4.88 Å². The first-order valence-electron chi connectivity index (χ1n) is 6.81. The molecule has 0 fully saturated rings. The van der Waals surface area contributed by atoms with Gasteiger partial charge in [0, 0.05) is 22.5 Å². The van der Waals surface area contributed by atoms with Crippen molar-refractivity contribution in [3.63, 3.8) is 0 Å². The van der Waals surface area contributed by atoms with Gasteiger partial charge in [-0.15, -0.1) is 11.3 Å². The minimum Gasteiger partial charge on any atom is -0.411 e. The van der Waals surface area contributed by atoms with Crippen LogP contribution in [0.1, 0.15) is 30.2 Å². The van der Waals surface area contributed by atoms with Gasteiger partial charge in [0.1, 0.15) is 0 Å². The first-order chi connectivity index (χ1) is 10.2. The average Bonchev–Trinajstić information content (AvgIpc) is 3.00. The number of carbonyl (C=O) groups is 1. The molecule has 0 radical (unpaired) electrons. The molecular weight excluding hydrogens is 284 g/mol. The summed E-state index contributed by atoms with van der Waals surface area (Å²) in [5, 5.41) is 17.0. The molecule has 5 heteroatoms. The molecule has 0 aliphatic carbocycles. The van der Waals surface area contributed by atoms with Crippen LogP contribution in [0.2, 0.25) is 0 Å². The van der Waals surface area contributed by atoms with Gasteiger partial charge in [-0.1, -0.05) is 29.4 Å². The molecule has 0 saturated heterocycles. The third kappa shape index (κ3) is 4.43. The second kappa shape index (κ2) is 7.59. The van der Waals surface area contributed by atoms with Crippen LogP contribution in [-0.2, 0) is 11.2 Å². The maximum absolute atomic E-state index is 12.0. The Morgan fingerprint density at radius 1 is 1.29 bits per heavy atom. The Morgan fingerprint density at radius 2 is 2.10 bits per heavy atom. The second-order valence-electron chi connectivity index (χ2n) is 4.71. The molecule has 2 N–H and O–H groups in total. The molecule has 0 atom stereocenters. The highest BCUT2D eigenvalue weighted by Crippen LogP contribution is 2.17. The zero-order valence-corrected chi connectivity index (χ0v) is 12.7. The zero-order chi connectivity index (χ0) is 15.1. The summed E-state index contributed by atoms with van der Waals surface area (Å²) in [5.74, 6) is -0.0234. The Labute approximate surface area is 128 Å². The summed E-state index contributed by atoms with van der Waals surface area (Å²) < 4.78 is 0. The van der Waals surface area contributed by atoms with Crippen molar-refractivity contribution < 1.29 is 10.0 Å². The number of oxime groups is 1. The van der Waals surface area contributed by atoms with Crippen LogP contribution in [0.4, 0.5) is 5.69 Å². The van der Waals surface area contributed by atoms with Crippen LogP contribution < -0.4 is 5.32 Å². The fraction of sp³-hybridized carbons (Fsp3) is 0.250. The number of aryl methyl sites for hydroxylation is 1. The highest BCUT2D eigenvalue weighted by Gasteiger charge is 2.09. The molecule has 0 unspecified atom stereocenters. The number of benzene rings is 1. The molecule has 0 aliphatic rings. The van der Waals surface area contributed by atoms with Gasteiger partial charge in [0.15, 0.2) is 0 Å². The number of amides is 1. The summed E-state index contributed by atoms with van der Waals surface area (Å²) in [6.07, 6.45) is 2.22. The summed E-state index contributed by atoms with van der Waals surface area (Å²) in [7, 11) is 0. The number of para-hydroxylation sites is 1. The van der Waals surface area contributed by atoms with Crippen molar-refractivity contribution in [2.24, 2.45) is 5.16 Å². The third-order valence-electron chi connectivity index (χ3n) is 3.15. The topological polar surface area (TPSA) is 61.7 Å². The molecule has 1 heterocycles. The zero-order valence-electron chi connectivity index (χ0n) is 11.9. The lowest BCUT2D eigenvalue weighted by molar-refractivity contribution is -0.116. The standard InChI is InChI=1S/C16H18N2O2S/c1-12(18-20)14-8-2-3-9-15(14)17-16(19)10-4-6-13-7-5-11-21-13/h2-3,5,7-9,11,20H,4,6,10H2,1H3,(H,17,19)/b18-12+. The Balaban J connectivity index is 1.90. The first-order valence-corrected chi connectivity index (χ1v) is 7.69. The highest BCUT2D eigenvalue weighted by atomic mass is 32.1. The van der Waals surface area contributed by atoms with Crippen molar-refractivity contribution in [1.29, 1.82) is 0 Å². The number of thiophene rings is 1. The van der Waals surface area contributed by atoms with Crippen molar-refractivity contribution in [3.05, 3.63) is 52.2 Å². The predicted octanol–water partition coefficient (Wildman–Crippen LogP) is 3.91. The van der Waals surface area contributed by atoms with Crippen LogP contribution in [0.15, 0.2) is 46.9 Å². The minimum absolute atomic E-state index is 0.0234. The molecule has 0 saturated carbocycles. The number of nitrogens with zero attached hydrogens (tertiary/aromatic N) is 1. The van der Waals surface area contributed by atoms with E-state index in [0.29, 0.717) is 17.8 Å². The van der Waals surface area contributed by atoms with E-state index in [1.807, 2.05) is 29.6 Å². The maximum Gasteiger partial charge on any atom is 0.224 e. The van der Waals surface area contributed by atoms with Crippen molar-refractivity contribution >= 4 is 28.6 Å². The van der Waals surface area contributed by atoms with E-state index < -0.39 is 0 Å². The average molecular weight is 302 g/mol. The fourth-order valence-electron chi connectivity index (χ4n) is 2.05. The van der Waals surface area contributed by atoms with Crippen LogP contribution in [-0.4, -0.2) is 16.8 Å². The Morgan fingerprint density at radius 3 is 2.81 bits per heavy atom. The lowest BCUT2D eigenvalue weighted by atomic mass is 10.1. The monoisotopic (exact) mass is 302 g/mol. The molecule has 1 aromatic heterocycles. The molecule has 1 amide bonds.